The van der Waals surface area contributed by atoms with Crippen molar-refractivity contribution >= 4 is 0 Å². The van der Waals surface area contributed by atoms with Gasteiger partial charge in [-0.15, -0.1) is 6.58 Å². The molecule has 0 aliphatic heterocycles. The van der Waals surface area contributed by atoms with Gasteiger partial charge in [-0.3, -0.25) is 0 Å². The third-order valence-electron chi connectivity index (χ3n) is 6.78. The van der Waals surface area contributed by atoms with E-state index in [0.29, 0.717) is 11.8 Å². The standard InChI is InChI=1S/C22H34N2/c1-3-16-15-22(4-2,18-13-9-6-10-14-18)21(24)19(20(16)23)17-11-7-5-8-12-17/h3-4,15,17-18,20H,1-2,5-14,23-24H2. The van der Waals surface area contributed by atoms with Gasteiger partial charge < -0.3 is 11.5 Å². The Labute approximate surface area is 147 Å². The van der Waals surface area contributed by atoms with Crippen molar-refractivity contribution in [3.63, 3.8) is 0 Å². The highest BCUT2D eigenvalue weighted by Gasteiger charge is 2.44. The molecule has 0 aromatic heterocycles. The fourth-order valence-corrected chi connectivity index (χ4v) is 5.37. The molecule has 0 radical (unpaired) electrons. The molecule has 3 aliphatic carbocycles. The van der Waals surface area contributed by atoms with E-state index >= 15 is 0 Å². The van der Waals surface area contributed by atoms with Crippen LogP contribution in [0, 0.1) is 17.3 Å². The SMILES string of the molecule is C=CC1=CC(C=C)(C2CCCCC2)C(N)=C(C2CCCCC2)C1N. The number of hydrogen-bond acceptors (Lipinski definition) is 2. The monoisotopic (exact) mass is 326 g/mol. The van der Waals surface area contributed by atoms with Crippen molar-refractivity contribution in [2.45, 2.75) is 70.3 Å². The van der Waals surface area contributed by atoms with Crippen molar-refractivity contribution in [2.24, 2.45) is 28.7 Å². The van der Waals surface area contributed by atoms with Crippen LogP contribution in [0.4, 0.5) is 0 Å². The Morgan fingerprint density at radius 2 is 1.54 bits per heavy atom. The van der Waals surface area contributed by atoms with Crippen LogP contribution >= 0.6 is 0 Å². The summed E-state index contributed by atoms with van der Waals surface area (Å²) in [6.45, 7) is 8.26. The van der Waals surface area contributed by atoms with Crippen LogP contribution in [-0.2, 0) is 0 Å². The van der Waals surface area contributed by atoms with E-state index in [9.17, 15) is 0 Å². The van der Waals surface area contributed by atoms with Gasteiger partial charge in [-0.2, -0.15) is 0 Å². The Morgan fingerprint density at radius 1 is 0.958 bits per heavy atom. The van der Waals surface area contributed by atoms with E-state index in [1.165, 1.54) is 69.8 Å². The van der Waals surface area contributed by atoms with Crippen LogP contribution in [0.15, 0.2) is 48.2 Å². The number of rotatable bonds is 4. The van der Waals surface area contributed by atoms with Gasteiger partial charge in [-0.05, 0) is 48.7 Å². The van der Waals surface area contributed by atoms with E-state index < -0.39 is 0 Å². The molecule has 2 atom stereocenters. The van der Waals surface area contributed by atoms with Crippen molar-refractivity contribution in [3.8, 4) is 0 Å². The number of allylic oxidation sites excluding steroid dienone is 1. The van der Waals surface area contributed by atoms with Gasteiger partial charge in [-0.1, -0.05) is 63.3 Å². The summed E-state index contributed by atoms with van der Waals surface area (Å²) in [5, 5.41) is 0. The topological polar surface area (TPSA) is 52.0 Å². The summed E-state index contributed by atoms with van der Waals surface area (Å²) < 4.78 is 0. The predicted molar refractivity (Wildman–Crippen MR) is 103 cm³/mol. The molecule has 2 nitrogen and oxygen atoms in total. The molecule has 2 heteroatoms. The molecule has 0 saturated heterocycles. The first kappa shape index (κ1) is 17.5. The van der Waals surface area contributed by atoms with Gasteiger partial charge in [0, 0.05) is 11.1 Å². The lowest BCUT2D eigenvalue weighted by atomic mass is 9.60. The lowest BCUT2D eigenvalue weighted by molar-refractivity contribution is 0.241. The van der Waals surface area contributed by atoms with E-state index in [1.54, 1.807) is 0 Å². The Bertz CT molecular complexity index is 544. The Hall–Kier alpha value is -1.28. The molecule has 0 aromatic carbocycles. The molecule has 2 unspecified atom stereocenters. The molecule has 0 aromatic rings. The van der Waals surface area contributed by atoms with Gasteiger partial charge in [0.25, 0.3) is 0 Å². The first-order chi connectivity index (χ1) is 11.6. The van der Waals surface area contributed by atoms with Crippen molar-refractivity contribution in [1.29, 1.82) is 0 Å². The van der Waals surface area contributed by atoms with Crippen LogP contribution in [0.3, 0.4) is 0 Å². The maximum Gasteiger partial charge on any atom is 0.0530 e. The second-order valence-corrected chi connectivity index (χ2v) is 8.00. The molecule has 24 heavy (non-hydrogen) atoms. The lowest BCUT2D eigenvalue weighted by Gasteiger charge is -2.46. The highest BCUT2D eigenvalue weighted by Crippen LogP contribution is 2.51. The molecule has 0 spiro atoms. The van der Waals surface area contributed by atoms with Gasteiger partial charge >= 0.3 is 0 Å². The van der Waals surface area contributed by atoms with Crippen molar-refractivity contribution in [2.75, 3.05) is 0 Å². The fourth-order valence-electron chi connectivity index (χ4n) is 5.37. The second kappa shape index (κ2) is 7.31. The normalized spacial score (nSPS) is 33.2. The first-order valence-electron chi connectivity index (χ1n) is 9.88. The molecule has 0 bridgehead atoms. The molecular weight excluding hydrogens is 292 g/mol. The van der Waals surface area contributed by atoms with Gasteiger partial charge in [-0.25, -0.2) is 0 Å². The average molecular weight is 327 g/mol. The molecule has 0 amide bonds. The molecule has 3 rings (SSSR count). The Morgan fingerprint density at radius 3 is 2.08 bits per heavy atom. The summed E-state index contributed by atoms with van der Waals surface area (Å²) in [5.41, 5.74) is 16.8. The molecule has 3 aliphatic rings. The zero-order valence-corrected chi connectivity index (χ0v) is 15.1. The highest BCUT2D eigenvalue weighted by molar-refractivity contribution is 5.49. The largest absolute Gasteiger partial charge is 0.401 e. The summed E-state index contributed by atoms with van der Waals surface area (Å²) in [7, 11) is 0. The maximum absolute atomic E-state index is 6.89. The third kappa shape index (κ3) is 2.90. The van der Waals surface area contributed by atoms with Gasteiger partial charge in [0.2, 0.25) is 0 Å². The molecule has 0 heterocycles. The van der Waals surface area contributed by atoms with E-state index in [-0.39, 0.29) is 11.5 Å². The minimum absolute atomic E-state index is 0.0812. The van der Waals surface area contributed by atoms with Gasteiger partial charge in [0.05, 0.1) is 6.04 Å². The molecule has 4 N–H and O–H groups in total. The van der Waals surface area contributed by atoms with Crippen LogP contribution in [-0.4, -0.2) is 6.04 Å². The Balaban J connectivity index is 2.07. The highest BCUT2D eigenvalue weighted by atomic mass is 14.7. The van der Waals surface area contributed by atoms with Crippen molar-refractivity contribution in [1.82, 2.24) is 0 Å². The van der Waals surface area contributed by atoms with Crippen molar-refractivity contribution in [3.05, 3.63) is 48.2 Å². The quantitative estimate of drug-likeness (QED) is 0.715. The maximum atomic E-state index is 6.89. The van der Waals surface area contributed by atoms with Crippen molar-refractivity contribution < 1.29 is 0 Å². The summed E-state index contributed by atoms with van der Waals surface area (Å²) in [5.74, 6) is 1.10. The zero-order valence-electron chi connectivity index (χ0n) is 15.1. The minimum atomic E-state index is -0.216. The van der Waals surface area contributed by atoms with E-state index in [2.05, 4.69) is 25.3 Å². The molecule has 2 fully saturated rings. The molecule has 132 valence electrons. The number of nitrogens with two attached hydrogens (primary N) is 2. The smallest absolute Gasteiger partial charge is 0.0530 e. The van der Waals surface area contributed by atoms with Gasteiger partial charge in [0.1, 0.15) is 0 Å². The van der Waals surface area contributed by atoms with Gasteiger partial charge in [0.15, 0.2) is 0 Å². The zero-order chi connectivity index (χ0) is 17.2. The third-order valence-corrected chi connectivity index (χ3v) is 6.78. The second-order valence-electron chi connectivity index (χ2n) is 8.00. The lowest BCUT2D eigenvalue weighted by Crippen LogP contribution is -2.44. The number of hydrogen-bond donors (Lipinski definition) is 2. The van der Waals surface area contributed by atoms with Crippen LogP contribution in [0.2, 0.25) is 0 Å². The first-order valence-corrected chi connectivity index (χ1v) is 9.88. The average Bonchev–Trinajstić information content (AvgIpc) is 2.64. The van der Waals surface area contributed by atoms with E-state index in [1.807, 2.05) is 6.08 Å². The minimum Gasteiger partial charge on any atom is -0.401 e. The Kier molecular flexibility index (Phi) is 5.34. The van der Waals surface area contributed by atoms with Crippen LogP contribution in [0.1, 0.15) is 64.2 Å². The van der Waals surface area contributed by atoms with E-state index in [4.69, 9.17) is 11.5 Å². The summed E-state index contributed by atoms with van der Waals surface area (Å²) in [4.78, 5) is 0. The fraction of sp³-hybridized carbons (Fsp3) is 0.636. The summed E-state index contributed by atoms with van der Waals surface area (Å²) in [6, 6.07) is -0.0812. The summed E-state index contributed by atoms with van der Waals surface area (Å²) >= 11 is 0. The molecule has 2 saturated carbocycles. The van der Waals surface area contributed by atoms with E-state index in [0.717, 1.165) is 11.3 Å². The summed E-state index contributed by atoms with van der Waals surface area (Å²) in [6.07, 6.45) is 19.2. The molecular formula is C22H34N2. The van der Waals surface area contributed by atoms with Crippen LogP contribution < -0.4 is 11.5 Å². The van der Waals surface area contributed by atoms with Crippen LogP contribution in [0.25, 0.3) is 0 Å². The predicted octanol–water partition coefficient (Wildman–Crippen LogP) is 4.99. The van der Waals surface area contributed by atoms with Crippen LogP contribution in [0.5, 0.6) is 0 Å².